The van der Waals surface area contributed by atoms with Crippen molar-refractivity contribution < 1.29 is 9.66 Å². The number of nitro groups is 1. The van der Waals surface area contributed by atoms with Gasteiger partial charge in [0, 0.05) is 25.7 Å². The summed E-state index contributed by atoms with van der Waals surface area (Å²) in [7, 11) is 0. The van der Waals surface area contributed by atoms with Crippen molar-refractivity contribution in [3.63, 3.8) is 0 Å². The first-order chi connectivity index (χ1) is 10.1. The molecule has 1 aromatic rings. The molecule has 2 rings (SSSR count). The first-order valence-corrected chi connectivity index (χ1v) is 6.64. The van der Waals surface area contributed by atoms with Gasteiger partial charge in [0.2, 0.25) is 11.6 Å². The van der Waals surface area contributed by atoms with Crippen molar-refractivity contribution >= 4 is 17.3 Å². The molecule has 0 radical (unpaired) electrons. The highest BCUT2D eigenvalue weighted by molar-refractivity contribution is 5.68. The molecule has 4 N–H and O–H groups in total. The number of nitrogens with two attached hydrogens (primary N) is 1. The maximum absolute atomic E-state index is 11.1. The molecule has 2 heterocycles. The molecule has 0 bridgehead atoms. The summed E-state index contributed by atoms with van der Waals surface area (Å²) in [5, 5.41) is 14.2. The van der Waals surface area contributed by atoms with Crippen LogP contribution in [0.4, 0.5) is 17.3 Å². The van der Waals surface area contributed by atoms with E-state index in [0.29, 0.717) is 13.2 Å². The minimum atomic E-state index is -0.557. The third kappa shape index (κ3) is 3.97. The van der Waals surface area contributed by atoms with Crippen molar-refractivity contribution in [1.29, 1.82) is 0 Å². The molecule has 0 saturated carbocycles. The fourth-order valence-corrected chi connectivity index (χ4v) is 2.21. The number of morpholine rings is 1. The third-order valence-electron chi connectivity index (χ3n) is 3.16. The highest BCUT2D eigenvalue weighted by atomic mass is 16.6. The lowest BCUT2D eigenvalue weighted by Gasteiger charge is -2.29. The van der Waals surface area contributed by atoms with Crippen molar-refractivity contribution in [2.24, 2.45) is 5.84 Å². The monoisotopic (exact) mass is 297 g/mol. The van der Waals surface area contributed by atoms with E-state index in [0.717, 1.165) is 19.6 Å². The van der Waals surface area contributed by atoms with Crippen molar-refractivity contribution in [3.8, 4) is 0 Å². The summed E-state index contributed by atoms with van der Waals surface area (Å²) < 4.78 is 5.29. The summed E-state index contributed by atoms with van der Waals surface area (Å²) in [4.78, 5) is 20.5. The fraction of sp³-hybridized carbons (Fsp3) is 0.636. The van der Waals surface area contributed by atoms with Gasteiger partial charge >= 0.3 is 5.69 Å². The Morgan fingerprint density at radius 1 is 1.48 bits per heavy atom. The molecule has 1 aliphatic heterocycles. The lowest BCUT2D eigenvalue weighted by atomic mass is 10.2. The zero-order valence-corrected chi connectivity index (χ0v) is 11.8. The number of hydrogen-bond acceptors (Lipinski definition) is 9. The van der Waals surface area contributed by atoms with Crippen LogP contribution in [0.3, 0.4) is 0 Å². The normalized spacial score (nSPS) is 17.2. The zero-order chi connectivity index (χ0) is 15.2. The molecule has 0 amide bonds. The molecule has 1 saturated heterocycles. The van der Waals surface area contributed by atoms with E-state index in [-0.39, 0.29) is 23.4 Å². The number of aromatic nitrogens is 2. The van der Waals surface area contributed by atoms with E-state index < -0.39 is 4.92 Å². The molecular weight excluding hydrogens is 278 g/mol. The molecule has 0 spiro atoms. The number of hydrogen-bond donors (Lipinski definition) is 3. The Morgan fingerprint density at radius 2 is 2.14 bits per heavy atom. The molecule has 21 heavy (non-hydrogen) atoms. The van der Waals surface area contributed by atoms with Gasteiger partial charge in [0.05, 0.1) is 18.1 Å². The standard InChI is InChI=1S/C11H19N7O3/c1-8(6-17-2-4-21-5-3-17)15-10-9(18(19)20)11(16-12)14-7-13-10/h7-8H,2-6,12H2,1H3,(H2,13,14,15,16). The number of anilines is 2. The SMILES string of the molecule is CC(CN1CCOCC1)Nc1ncnc(NN)c1[N+](=O)[O-]. The number of rotatable bonds is 6. The Balaban J connectivity index is 2.05. The minimum Gasteiger partial charge on any atom is -0.379 e. The lowest BCUT2D eigenvalue weighted by molar-refractivity contribution is -0.383. The number of hydrazine groups is 1. The Bertz CT molecular complexity index is 493. The molecule has 10 heteroatoms. The Labute approximate surface area is 121 Å². The largest absolute Gasteiger partial charge is 0.379 e. The van der Waals surface area contributed by atoms with E-state index in [2.05, 4.69) is 25.6 Å². The van der Waals surface area contributed by atoms with Gasteiger partial charge in [0.1, 0.15) is 6.33 Å². The molecule has 0 aromatic carbocycles. The maximum Gasteiger partial charge on any atom is 0.354 e. The van der Waals surface area contributed by atoms with Gasteiger partial charge < -0.3 is 15.5 Å². The van der Waals surface area contributed by atoms with Crippen molar-refractivity contribution in [1.82, 2.24) is 14.9 Å². The fourth-order valence-electron chi connectivity index (χ4n) is 2.21. The quantitative estimate of drug-likeness (QED) is 0.371. The second-order valence-electron chi connectivity index (χ2n) is 4.78. The Kier molecular flexibility index (Phi) is 5.20. The van der Waals surface area contributed by atoms with Gasteiger partial charge in [-0.25, -0.2) is 15.8 Å². The second kappa shape index (κ2) is 7.11. The highest BCUT2D eigenvalue weighted by Gasteiger charge is 2.24. The maximum atomic E-state index is 11.1. The van der Waals surface area contributed by atoms with Crippen LogP contribution in [-0.4, -0.2) is 58.7 Å². The molecule has 1 atom stereocenters. The van der Waals surface area contributed by atoms with E-state index in [1.807, 2.05) is 6.92 Å². The highest BCUT2D eigenvalue weighted by Crippen LogP contribution is 2.28. The van der Waals surface area contributed by atoms with Crippen LogP contribution in [0.25, 0.3) is 0 Å². The third-order valence-corrected chi connectivity index (χ3v) is 3.16. The van der Waals surface area contributed by atoms with Crippen LogP contribution in [0.15, 0.2) is 6.33 Å². The van der Waals surface area contributed by atoms with Gasteiger partial charge in [0.15, 0.2) is 0 Å². The first kappa shape index (κ1) is 15.4. The van der Waals surface area contributed by atoms with Crippen LogP contribution >= 0.6 is 0 Å². The van der Waals surface area contributed by atoms with Gasteiger partial charge in [-0.1, -0.05) is 0 Å². The van der Waals surface area contributed by atoms with E-state index in [1.54, 1.807) is 0 Å². The predicted molar refractivity (Wildman–Crippen MR) is 76.8 cm³/mol. The van der Waals surface area contributed by atoms with Crippen LogP contribution in [0.1, 0.15) is 6.92 Å². The van der Waals surface area contributed by atoms with Crippen LogP contribution < -0.4 is 16.6 Å². The Morgan fingerprint density at radius 3 is 2.76 bits per heavy atom. The number of ether oxygens (including phenoxy) is 1. The van der Waals surface area contributed by atoms with Gasteiger partial charge in [-0.2, -0.15) is 0 Å². The number of nitrogen functional groups attached to an aromatic ring is 1. The molecule has 1 fully saturated rings. The average Bonchev–Trinajstić information content (AvgIpc) is 2.47. The molecule has 116 valence electrons. The summed E-state index contributed by atoms with van der Waals surface area (Å²) in [6.07, 6.45) is 1.23. The van der Waals surface area contributed by atoms with Gasteiger partial charge in [0.25, 0.3) is 0 Å². The molecule has 1 aromatic heterocycles. The zero-order valence-electron chi connectivity index (χ0n) is 11.8. The predicted octanol–water partition coefficient (Wildman–Crippen LogP) is -0.197. The van der Waals surface area contributed by atoms with E-state index in [9.17, 15) is 10.1 Å². The van der Waals surface area contributed by atoms with E-state index >= 15 is 0 Å². The minimum absolute atomic E-state index is 0.0117. The van der Waals surface area contributed by atoms with Crippen LogP contribution in [0.5, 0.6) is 0 Å². The van der Waals surface area contributed by atoms with Gasteiger partial charge in [-0.3, -0.25) is 15.0 Å². The summed E-state index contributed by atoms with van der Waals surface area (Å²) in [6.45, 7) is 5.82. The van der Waals surface area contributed by atoms with Crippen molar-refractivity contribution in [2.45, 2.75) is 13.0 Å². The Hall–Kier alpha value is -2.04. The summed E-state index contributed by atoms with van der Waals surface area (Å²) in [6, 6.07) is -0.0117. The first-order valence-electron chi connectivity index (χ1n) is 6.64. The van der Waals surface area contributed by atoms with E-state index in [4.69, 9.17) is 10.6 Å². The molecular formula is C11H19N7O3. The number of nitrogens with one attached hydrogen (secondary N) is 2. The van der Waals surface area contributed by atoms with Gasteiger partial charge in [-0.05, 0) is 6.92 Å². The average molecular weight is 297 g/mol. The molecule has 0 aliphatic carbocycles. The summed E-state index contributed by atoms with van der Waals surface area (Å²) >= 11 is 0. The smallest absolute Gasteiger partial charge is 0.354 e. The molecule has 10 nitrogen and oxygen atoms in total. The van der Waals surface area contributed by atoms with Crippen LogP contribution in [0.2, 0.25) is 0 Å². The van der Waals surface area contributed by atoms with Gasteiger partial charge in [-0.15, -0.1) is 0 Å². The van der Waals surface area contributed by atoms with E-state index in [1.165, 1.54) is 6.33 Å². The van der Waals surface area contributed by atoms with Crippen LogP contribution in [-0.2, 0) is 4.74 Å². The summed E-state index contributed by atoms with van der Waals surface area (Å²) in [5.41, 5.74) is 1.96. The van der Waals surface area contributed by atoms with Crippen molar-refractivity contribution in [3.05, 3.63) is 16.4 Å². The summed E-state index contributed by atoms with van der Waals surface area (Å²) in [5.74, 6) is 5.38. The van der Waals surface area contributed by atoms with Crippen molar-refractivity contribution in [2.75, 3.05) is 43.6 Å². The molecule has 1 unspecified atom stereocenters. The number of nitrogens with zero attached hydrogens (tertiary/aromatic N) is 4. The lowest BCUT2D eigenvalue weighted by Crippen LogP contribution is -2.42. The molecule has 1 aliphatic rings. The second-order valence-corrected chi connectivity index (χ2v) is 4.78. The van der Waals surface area contributed by atoms with Crippen LogP contribution in [0, 0.1) is 10.1 Å². The topological polar surface area (TPSA) is 131 Å².